The van der Waals surface area contributed by atoms with Crippen LogP contribution in [0.5, 0.6) is 5.88 Å². The third-order valence-electron chi connectivity index (χ3n) is 2.60. The van der Waals surface area contributed by atoms with Crippen LogP contribution >= 0.6 is 0 Å². The molecular weight excluding hydrogens is 216 g/mol. The minimum atomic E-state index is 0.627. The van der Waals surface area contributed by atoms with Gasteiger partial charge >= 0.3 is 0 Å². The van der Waals surface area contributed by atoms with E-state index in [1.165, 1.54) is 0 Å². The Hall–Kier alpha value is -1.68. The molecule has 0 spiro atoms. The van der Waals surface area contributed by atoms with Crippen molar-refractivity contribution in [3.8, 4) is 5.88 Å². The average Bonchev–Trinajstić information content (AvgIpc) is 2.67. The zero-order valence-electron chi connectivity index (χ0n) is 10.5. The van der Waals surface area contributed by atoms with E-state index < -0.39 is 0 Å². The normalized spacial score (nSPS) is 11.1. The van der Waals surface area contributed by atoms with Crippen LogP contribution < -0.4 is 9.57 Å². The first-order chi connectivity index (χ1) is 8.22. The van der Waals surface area contributed by atoms with Gasteiger partial charge in [-0.2, -0.15) is 0 Å². The molecule has 0 atom stereocenters. The molecule has 0 bridgehead atoms. The van der Waals surface area contributed by atoms with Crippen LogP contribution in [0.4, 0.5) is 0 Å². The Labute approximate surface area is 101 Å². The number of likely N-dealkylation sites (N-methyl/N-ethyl adjacent to an activating group) is 1. The maximum absolute atomic E-state index is 5.74. The molecule has 0 saturated heterocycles. The number of hydrogen-bond acceptors (Lipinski definition) is 3. The highest BCUT2D eigenvalue weighted by Crippen LogP contribution is 2.23. The van der Waals surface area contributed by atoms with Crippen molar-refractivity contribution in [2.45, 2.75) is 0 Å². The van der Waals surface area contributed by atoms with Crippen molar-refractivity contribution < 1.29 is 9.57 Å². The van der Waals surface area contributed by atoms with Crippen LogP contribution in [0.1, 0.15) is 0 Å². The molecule has 0 amide bonds. The quantitative estimate of drug-likeness (QED) is 0.787. The summed E-state index contributed by atoms with van der Waals surface area (Å²) in [7, 11) is 5.70. The second-order valence-electron chi connectivity index (χ2n) is 4.18. The smallest absolute Gasteiger partial charge is 0.228 e. The van der Waals surface area contributed by atoms with Crippen LogP contribution in [-0.2, 0) is 0 Å². The fourth-order valence-corrected chi connectivity index (χ4v) is 1.69. The summed E-state index contributed by atoms with van der Waals surface area (Å²) >= 11 is 0. The van der Waals surface area contributed by atoms with Crippen molar-refractivity contribution in [1.82, 2.24) is 9.63 Å². The fraction of sp³-hybridized carbons (Fsp3) is 0.385. The highest BCUT2D eigenvalue weighted by atomic mass is 16.7. The van der Waals surface area contributed by atoms with Gasteiger partial charge in [-0.25, -0.2) is 0 Å². The summed E-state index contributed by atoms with van der Waals surface area (Å²) in [5, 5.41) is 1.12. The first-order valence-corrected chi connectivity index (χ1v) is 5.65. The van der Waals surface area contributed by atoms with E-state index in [-0.39, 0.29) is 0 Å². The van der Waals surface area contributed by atoms with Crippen LogP contribution in [-0.4, -0.2) is 44.0 Å². The Bertz CT molecular complexity index is 491. The Morgan fingerprint density at radius 2 is 2.00 bits per heavy atom. The van der Waals surface area contributed by atoms with E-state index in [1.807, 2.05) is 44.4 Å². The molecule has 0 fully saturated rings. The molecular formula is C13H18N2O2. The van der Waals surface area contributed by atoms with Crippen LogP contribution in [0.3, 0.4) is 0 Å². The molecule has 0 aliphatic heterocycles. The number of fused-ring (bicyclic) bond motifs is 1. The number of nitrogens with zero attached hydrogens (tertiary/aromatic N) is 2. The number of benzene rings is 1. The molecule has 4 heteroatoms. The van der Waals surface area contributed by atoms with E-state index in [0.717, 1.165) is 23.3 Å². The van der Waals surface area contributed by atoms with Crippen molar-refractivity contribution in [2.24, 2.45) is 0 Å². The van der Waals surface area contributed by atoms with Crippen molar-refractivity contribution in [3.63, 3.8) is 0 Å². The van der Waals surface area contributed by atoms with E-state index >= 15 is 0 Å². The molecule has 0 unspecified atom stereocenters. The van der Waals surface area contributed by atoms with Crippen LogP contribution in [0.2, 0.25) is 0 Å². The molecule has 0 N–H and O–H groups in total. The van der Waals surface area contributed by atoms with E-state index in [0.29, 0.717) is 6.61 Å². The second kappa shape index (κ2) is 5.10. The number of rotatable bonds is 5. The van der Waals surface area contributed by atoms with Crippen LogP contribution in [0.25, 0.3) is 10.9 Å². The summed E-state index contributed by atoms with van der Waals surface area (Å²) in [5.74, 6) is 0.727. The number of aromatic nitrogens is 1. The largest absolute Gasteiger partial charge is 0.480 e. The summed E-state index contributed by atoms with van der Waals surface area (Å²) in [4.78, 5) is 7.82. The lowest BCUT2D eigenvalue weighted by atomic mass is 10.3. The molecule has 17 heavy (non-hydrogen) atoms. The van der Waals surface area contributed by atoms with Gasteiger partial charge in [-0.15, -0.1) is 4.73 Å². The van der Waals surface area contributed by atoms with Gasteiger partial charge < -0.3 is 14.5 Å². The Kier molecular flexibility index (Phi) is 3.54. The maximum Gasteiger partial charge on any atom is 0.228 e. The number of para-hydroxylation sites is 1. The molecule has 2 rings (SSSR count). The second-order valence-corrected chi connectivity index (χ2v) is 4.18. The number of ether oxygens (including phenoxy) is 1. The zero-order chi connectivity index (χ0) is 12.3. The monoisotopic (exact) mass is 234 g/mol. The first kappa shape index (κ1) is 11.8. The molecule has 0 aliphatic rings. The first-order valence-electron chi connectivity index (χ1n) is 5.65. The lowest BCUT2D eigenvalue weighted by Gasteiger charge is -2.13. The van der Waals surface area contributed by atoms with Gasteiger partial charge in [0.1, 0.15) is 6.61 Å². The van der Waals surface area contributed by atoms with Gasteiger partial charge in [0.2, 0.25) is 5.88 Å². The molecule has 4 nitrogen and oxygen atoms in total. The molecule has 1 heterocycles. The van der Waals surface area contributed by atoms with Crippen molar-refractivity contribution in [2.75, 3.05) is 34.4 Å². The SMILES string of the molecule is COc1cc2ccccc2n1OCCN(C)C. The van der Waals surface area contributed by atoms with Gasteiger partial charge in [0.05, 0.1) is 12.6 Å². The third-order valence-corrected chi connectivity index (χ3v) is 2.60. The lowest BCUT2D eigenvalue weighted by Crippen LogP contribution is -2.24. The van der Waals surface area contributed by atoms with Gasteiger partial charge in [-0.1, -0.05) is 18.2 Å². The predicted octanol–water partition coefficient (Wildman–Crippen LogP) is 1.64. The summed E-state index contributed by atoms with van der Waals surface area (Å²) in [6, 6.07) is 10.0. The molecule has 2 aromatic rings. The van der Waals surface area contributed by atoms with Crippen LogP contribution in [0, 0.1) is 0 Å². The Morgan fingerprint density at radius 3 is 2.71 bits per heavy atom. The maximum atomic E-state index is 5.74. The van der Waals surface area contributed by atoms with Gasteiger partial charge in [0.15, 0.2) is 0 Å². The number of methoxy groups -OCH3 is 1. The highest BCUT2D eigenvalue weighted by molar-refractivity contribution is 5.81. The summed E-state index contributed by atoms with van der Waals surface area (Å²) in [5.41, 5.74) is 1.03. The van der Waals surface area contributed by atoms with Gasteiger partial charge in [-0.3, -0.25) is 0 Å². The molecule has 0 saturated carbocycles. The predicted molar refractivity (Wildman–Crippen MR) is 68.5 cm³/mol. The molecule has 0 aliphatic carbocycles. The lowest BCUT2D eigenvalue weighted by molar-refractivity contribution is 0.0886. The van der Waals surface area contributed by atoms with E-state index in [9.17, 15) is 0 Å². The Morgan fingerprint density at radius 1 is 1.24 bits per heavy atom. The summed E-state index contributed by atoms with van der Waals surface area (Å²) in [6.07, 6.45) is 0. The minimum Gasteiger partial charge on any atom is -0.480 e. The third kappa shape index (κ3) is 2.53. The van der Waals surface area contributed by atoms with E-state index in [2.05, 4.69) is 4.90 Å². The molecule has 1 aromatic carbocycles. The standard InChI is InChI=1S/C13H18N2O2/c1-14(2)8-9-17-15-12-7-5-4-6-11(12)10-13(15)16-3/h4-7,10H,8-9H2,1-3H3. The van der Waals surface area contributed by atoms with Crippen molar-refractivity contribution >= 4 is 10.9 Å². The van der Waals surface area contributed by atoms with Crippen LogP contribution in [0.15, 0.2) is 30.3 Å². The highest BCUT2D eigenvalue weighted by Gasteiger charge is 2.09. The van der Waals surface area contributed by atoms with E-state index in [4.69, 9.17) is 9.57 Å². The average molecular weight is 234 g/mol. The van der Waals surface area contributed by atoms with Crippen molar-refractivity contribution in [1.29, 1.82) is 0 Å². The summed E-state index contributed by atoms with van der Waals surface area (Å²) in [6.45, 7) is 1.50. The summed E-state index contributed by atoms with van der Waals surface area (Å²) < 4.78 is 7.06. The minimum absolute atomic E-state index is 0.627. The van der Waals surface area contributed by atoms with Crippen molar-refractivity contribution in [3.05, 3.63) is 30.3 Å². The van der Waals surface area contributed by atoms with Gasteiger partial charge in [-0.05, 0) is 20.2 Å². The zero-order valence-corrected chi connectivity index (χ0v) is 10.5. The Balaban J connectivity index is 2.24. The fourth-order valence-electron chi connectivity index (χ4n) is 1.69. The van der Waals surface area contributed by atoms with Gasteiger partial charge in [0.25, 0.3) is 0 Å². The topological polar surface area (TPSA) is 26.6 Å². The molecule has 0 radical (unpaired) electrons. The molecule has 1 aromatic heterocycles. The van der Waals surface area contributed by atoms with Gasteiger partial charge in [0, 0.05) is 18.0 Å². The number of hydrogen-bond donors (Lipinski definition) is 0. The van der Waals surface area contributed by atoms with E-state index in [1.54, 1.807) is 11.8 Å². The molecule has 92 valence electrons.